The van der Waals surface area contributed by atoms with Gasteiger partial charge in [-0.2, -0.15) is 0 Å². The van der Waals surface area contributed by atoms with E-state index in [-0.39, 0.29) is 12.4 Å². The van der Waals surface area contributed by atoms with Crippen molar-refractivity contribution in [3.8, 4) is 0 Å². The average Bonchev–Trinajstić information content (AvgIpc) is 3.26. The van der Waals surface area contributed by atoms with Gasteiger partial charge in [0, 0.05) is 49.8 Å². The van der Waals surface area contributed by atoms with Gasteiger partial charge in [-0.3, -0.25) is 0 Å². The minimum atomic E-state index is -0.855. The number of nitrogens with two attached hydrogens (primary N) is 1. The highest BCUT2D eigenvalue weighted by Gasteiger charge is 2.41. The predicted octanol–water partition coefficient (Wildman–Crippen LogP) is 3.91. The molecule has 1 aromatic heterocycles. The summed E-state index contributed by atoms with van der Waals surface area (Å²) in [6.45, 7) is 4.14. The Morgan fingerprint density at radius 2 is 1.82 bits per heavy atom. The first-order chi connectivity index (χ1) is 16.5. The Balaban J connectivity index is 1.21. The summed E-state index contributed by atoms with van der Waals surface area (Å²) in [5, 5.41) is 0. The quantitative estimate of drug-likeness (QED) is 0.722. The van der Waals surface area contributed by atoms with Crippen molar-refractivity contribution in [3.63, 3.8) is 0 Å². The predicted molar refractivity (Wildman–Crippen MR) is 130 cm³/mol. The van der Waals surface area contributed by atoms with E-state index in [0.29, 0.717) is 17.6 Å². The Kier molecular flexibility index (Phi) is 5.46. The van der Waals surface area contributed by atoms with Crippen molar-refractivity contribution in [1.29, 1.82) is 0 Å². The van der Waals surface area contributed by atoms with Crippen LogP contribution in [0.4, 0.5) is 26.4 Å². The molecule has 4 saturated heterocycles. The molecule has 8 heteroatoms. The van der Waals surface area contributed by atoms with E-state index >= 15 is 0 Å². The number of anilines is 3. The molecule has 0 radical (unpaired) electrons. The van der Waals surface area contributed by atoms with Gasteiger partial charge in [0.15, 0.2) is 0 Å². The second-order valence-corrected chi connectivity index (χ2v) is 10.4. The van der Waals surface area contributed by atoms with Crippen molar-refractivity contribution in [2.24, 2.45) is 17.6 Å². The Morgan fingerprint density at radius 1 is 1.03 bits per heavy atom. The number of nitrogens with zero attached hydrogens (tertiary/aromatic N) is 4. The molecule has 0 spiro atoms. The van der Waals surface area contributed by atoms with Crippen LogP contribution >= 0.6 is 0 Å². The Hall–Kier alpha value is -3.03. The van der Waals surface area contributed by atoms with Crippen molar-refractivity contribution in [1.82, 2.24) is 4.98 Å². The lowest BCUT2D eigenvalue weighted by molar-refractivity contribution is 0.150. The van der Waals surface area contributed by atoms with E-state index in [1.807, 2.05) is 12.3 Å². The van der Waals surface area contributed by atoms with Gasteiger partial charge in [-0.25, -0.2) is 14.2 Å². The maximum atomic E-state index is 14.4. The maximum absolute atomic E-state index is 14.4. The number of hydrogen-bond donors (Lipinski definition) is 1. The van der Waals surface area contributed by atoms with Gasteiger partial charge in [0.05, 0.1) is 12.1 Å². The first-order valence-electron chi connectivity index (χ1n) is 12.5. The highest BCUT2D eigenvalue weighted by Crippen LogP contribution is 2.42. The number of amides is 1. The van der Waals surface area contributed by atoms with Crippen molar-refractivity contribution in [2.45, 2.75) is 50.8 Å². The van der Waals surface area contributed by atoms with Crippen molar-refractivity contribution >= 4 is 23.3 Å². The normalized spacial score (nSPS) is 27.9. The first-order valence-corrected chi connectivity index (χ1v) is 12.5. The number of benzene rings is 1. The lowest BCUT2D eigenvalue weighted by atomic mass is 9.71. The molecule has 0 unspecified atom stereocenters. The number of ether oxygens (including phenoxy) is 1. The molecule has 2 bridgehead atoms. The minimum absolute atomic E-state index is 0.0247. The van der Waals surface area contributed by atoms with Gasteiger partial charge in [-0.15, -0.1) is 0 Å². The average molecular weight is 466 g/mol. The number of piperidine rings is 3. The third kappa shape index (κ3) is 4.03. The molecule has 7 rings (SSSR count). The number of carbonyl (C=O) groups excluding carboxylic acids is 1. The van der Waals surface area contributed by atoms with Gasteiger partial charge in [0.1, 0.15) is 18.2 Å². The van der Waals surface area contributed by atoms with Crippen LogP contribution in [0.25, 0.3) is 0 Å². The van der Waals surface area contributed by atoms with E-state index in [0.717, 1.165) is 55.7 Å². The van der Waals surface area contributed by atoms with Gasteiger partial charge < -0.3 is 25.2 Å². The number of hydrogen-bond acceptors (Lipinski definition) is 6. The molecule has 34 heavy (non-hydrogen) atoms. The second-order valence-electron chi connectivity index (χ2n) is 10.4. The molecule has 1 amide bonds. The van der Waals surface area contributed by atoms with Crippen LogP contribution in [0, 0.1) is 17.7 Å². The summed E-state index contributed by atoms with van der Waals surface area (Å²) in [5.41, 5.74) is 7.83. The second kappa shape index (κ2) is 8.64. The van der Waals surface area contributed by atoms with Crippen LogP contribution < -0.4 is 20.4 Å². The summed E-state index contributed by atoms with van der Waals surface area (Å²) >= 11 is 0. The molecule has 2 atom stereocenters. The summed E-state index contributed by atoms with van der Waals surface area (Å²) in [4.78, 5) is 23.1. The highest BCUT2D eigenvalue weighted by atomic mass is 19.1. The minimum Gasteiger partial charge on any atom is -0.445 e. The van der Waals surface area contributed by atoms with E-state index in [2.05, 4.69) is 26.8 Å². The molecule has 7 nitrogen and oxygen atoms in total. The third-order valence-electron chi connectivity index (χ3n) is 8.14. The standard InChI is InChI=1S/C26H32FN5O2/c27-20-10-19(16-34-26(28)33)11-22(12-20)31-6-1-2-23-24(31)4-7-32(23)25-13-21(3-5-29-25)30-14-17-8-18(9-17)15-30/h3,5,10-13,17-18,23-24H,1-2,4,6-9,14-16H2,(H2,28,33)/t17?,18?,23-,24-/m0/s1. The van der Waals surface area contributed by atoms with Gasteiger partial charge in [-0.1, -0.05) is 0 Å². The fourth-order valence-electron chi connectivity index (χ4n) is 6.67. The van der Waals surface area contributed by atoms with Crippen molar-refractivity contribution in [3.05, 3.63) is 47.9 Å². The number of rotatable bonds is 5. The van der Waals surface area contributed by atoms with Crippen molar-refractivity contribution < 1.29 is 13.9 Å². The molecule has 1 aliphatic carbocycles. The van der Waals surface area contributed by atoms with Gasteiger partial charge in [0.2, 0.25) is 0 Å². The van der Waals surface area contributed by atoms with E-state index in [9.17, 15) is 9.18 Å². The highest BCUT2D eigenvalue weighted by molar-refractivity contribution is 5.64. The maximum Gasteiger partial charge on any atom is 0.404 e. The molecule has 5 aliphatic rings. The fraction of sp³-hybridized carbons (Fsp3) is 0.538. The van der Waals surface area contributed by atoms with E-state index in [1.54, 1.807) is 6.07 Å². The van der Waals surface area contributed by atoms with Gasteiger partial charge in [0.25, 0.3) is 0 Å². The summed E-state index contributed by atoms with van der Waals surface area (Å²) in [7, 11) is 0. The van der Waals surface area contributed by atoms with E-state index < -0.39 is 6.09 Å². The zero-order chi connectivity index (χ0) is 23.2. The van der Waals surface area contributed by atoms with Crippen LogP contribution in [0.15, 0.2) is 36.5 Å². The van der Waals surface area contributed by atoms with Crippen LogP contribution in [0.2, 0.25) is 0 Å². The summed E-state index contributed by atoms with van der Waals surface area (Å²) in [6, 6.07) is 9.96. The summed E-state index contributed by atoms with van der Waals surface area (Å²) < 4.78 is 19.3. The summed E-state index contributed by atoms with van der Waals surface area (Å²) in [5.74, 6) is 2.46. The zero-order valence-electron chi connectivity index (χ0n) is 19.4. The topological polar surface area (TPSA) is 74.9 Å². The van der Waals surface area contributed by atoms with Crippen LogP contribution in [0.3, 0.4) is 0 Å². The van der Waals surface area contributed by atoms with E-state index in [4.69, 9.17) is 15.5 Å². The number of halogens is 1. The molecule has 5 fully saturated rings. The molecular weight excluding hydrogens is 433 g/mol. The fourth-order valence-corrected chi connectivity index (χ4v) is 6.67. The molecule has 180 valence electrons. The lowest BCUT2D eigenvalue weighted by Gasteiger charge is -2.48. The third-order valence-corrected chi connectivity index (χ3v) is 8.14. The Bertz CT molecular complexity index is 1060. The summed E-state index contributed by atoms with van der Waals surface area (Å²) in [6.07, 6.45) is 7.05. The van der Waals surface area contributed by atoms with Crippen LogP contribution in [-0.4, -0.2) is 49.3 Å². The smallest absolute Gasteiger partial charge is 0.404 e. The molecule has 2 aromatic rings. The monoisotopic (exact) mass is 465 g/mol. The number of aromatic nitrogens is 1. The number of fused-ring (bicyclic) bond motifs is 3. The number of primary amides is 1. The molecule has 2 N–H and O–H groups in total. The van der Waals surface area contributed by atoms with Crippen LogP contribution in [0.5, 0.6) is 0 Å². The Labute approximate surface area is 199 Å². The van der Waals surface area contributed by atoms with Gasteiger partial charge >= 0.3 is 6.09 Å². The molecule has 4 aliphatic heterocycles. The largest absolute Gasteiger partial charge is 0.445 e. The molecular formula is C26H32FN5O2. The molecule has 1 aromatic carbocycles. The van der Waals surface area contributed by atoms with Crippen molar-refractivity contribution in [2.75, 3.05) is 40.9 Å². The zero-order valence-corrected chi connectivity index (χ0v) is 19.4. The van der Waals surface area contributed by atoms with Gasteiger partial charge in [-0.05, 0) is 73.8 Å². The molecule has 1 saturated carbocycles. The lowest BCUT2D eigenvalue weighted by Crippen LogP contribution is -2.50. The van der Waals surface area contributed by atoms with Crippen LogP contribution in [0.1, 0.15) is 37.7 Å². The number of carbonyl (C=O) groups is 1. The first kappa shape index (κ1) is 21.5. The van der Waals surface area contributed by atoms with Crippen LogP contribution in [-0.2, 0) is 11.3 Å². The molecule has 5 heterocycles. The SMILES string of the molecule is NC(=O)OCc1cc(F)cc(N2CCC[C@H]3[C@@H]2CCN3c2cc(N3CC4CC(C4)C3)ccn2)c1. The van der Waals surface area contributed by atoms with E-state index in [1.165, 1.54) is 37.7 Å². The number of pyridine rings is 1. The Morgan fingerprint density at radius 3 is 2.62 bits per heavy atom.